The van der Waals surface area contributed by atoms with Gasteiger partial charge in [-0.05, 0) is 40.8 Å². The molecule has 0 amide bonds. The summed E-state index contributed by atoms with van der Waals surface area (Å²) in [5, 5.41) is 0. The van der Waals surface area contributed by atoms with Crippen molar-refractivity contribution in [1.29, 1.82) is 0 Å². The predicted octanol–water partition coefficient (Wildman–Crippen LogP) is 1.42. The van der Waals surface area contributed by atoms with E-state index >= 15 is 0 Å². The quantitative estimate of drug-likeness (QED) is 0.587. The van der Waals surface area contributed by atoms with Crippen molar-refractivity contribution in [3.63, 3.8) is 0 Å². The lowest BCUT2D eigenvalue weighted by atomic mass is 10.2. The molecule has 1 aliphatic heterocycles. The fourth-order valence-electron chi connectivity index (χ4n) is 1.96. The van der Waals surface area contributed by atoms with Gasteiger partial charge in [0.2, 0.25) is 0 Å². The first-order chi connectivity index (χ1) is 5.61. The Morgan fingerprint density at radius 2 is 1.83 bits per heavy atom. The summed E-state index contributed by atoms with van der Waals surface area (Å²) < 4.78 is 0. The van der Waals surface area contributed by atoms with Gasteiger partial charge in [-0.15, -0.1) is 0 Å². The van der Waals surface area contributed by atoms with Gasteiger partial charge in [0.15, 0.2) is 0 Å². The molecule has 0 bridgehead atoms. The van der Waals surface area contributed by atoms with Crippen LogP contribution in [-0.4, -0.2) is 48.6 Å². The van der Waals surface area contributed by atoms with Crippen LogP contribution in [0.15, 0.2) is 0 Å². The normalized spacial score (nSPS) is 29.2. The average molecular weight is 170 g/mol. The molecule has 72 valence electrons. The van der Waals surface area contributed by atoms with E-state index in [4.69, 9.17) is 0 Å². The van der Waals surface area contributed by atoms with E-state index in [0.717, 1.165) is 6.04 Å². The fourth-order valence-corrected chi connectivity index (χ4v) is 1.96. The molecule has 2 heteroatoms. The lowest BCUT2D eigenvalue weighted by Gasteiger charge is -2.30. The van der Waals surface area contributed by atoms with Crippen molar-refractivity contribution in [2.45, 2.75) is 39.3 Å². The topological polar surface area (TPSA) is 6.48 Å². The zero-order valence-electron chi connectivity index (χ0n) is 8.88. The zero-order valence-corrected chi connectivity index (χ0v) is 8.88. The third-order valence-corrected chi connectivity index (χ3v) is 2.90. The molecule has 0 saturated carbocycles. The highest BCUT2D eigenvalue weighted by Crippen LogP contribution is 2.12. The third-order valence-electron chi connectivity index (χ3n) is 2.90. The van der Waals surface area contributed by atoms with Gasteiger partial charge < -0.3 is 4.90 Å². The van der Waals surface area contributed by atoms with Gasteiger partial charge in [-0.3, -0.25) is 4.90 Å². The van der Waals surface area contributed by atoms with Gasteiger partial charge in [0.1, 0.15) is 0 Å². The van der Waals surface area contributed by atoms with Crippen molar-refractivity contribution >= 4 is 0 Å². The molecule has 0 aromatic heterocycles. The van der Waals surface area contributed by atoms with Crippen LogP contribution in [0, 0.1) is 0 Å². The first-order valence-corrected chi connectivity index (χ1v) is 5.05. The van der Waals surface area contributed by atoms with E-state index < -0.39 is 0 Å². The van der Waals surface area contributed by atoms with Gasteiger partial charge in [0.05, 0.1) is 0 Å². The monoisotopic (exact) mass is 170 g/mol. The number of nitrogens with zero attached hydrogens (tertiary/aromatic N) is 2. The minimum atomic E-state index is 0.700. The highest BCUT2D eigenvalue weighted by Gasteiger charge is 2.20. The van der Waals surface area contributed by atoms with Crippen molar-refractivity contribution in [2.75, 3.05) is 26.7 Å². The van der Waals surface area contributed by atoms with Crippen molar-refractivity contribution in [3.8, 4) is 0 Å². The Labute approximate surface area is 76.5 Å². The van der Waals surface area contributed by atoms with Gasteiger partial charge in [-0.2, -0.15) is 0 Å². The number of hydrogen-bond acceptors (Lipinski definition) is 2. The SMILES string of the molecule is CC(C)N1CCN(C)CCC1C. The second-order valence-electron chi connectivity index (χ2n) is 4.27. The molecule has 12 heavy (non-hydrogen) atoms. The Hall–Kier alpha value is -0.0800. The molecular weight excluding hydrogens is 148 g/mol. The second-order valence-corrected chi connectivity index (χ2v) is 4.27. The Morgan fingerprint density at radius 1 is 1.17 bits per heavy atom. The molecule has 1 unspecified atom stereocenters. The maximum absolute atomic E-state index is 2.60. The van der Waals surface area contributed by atoms with Crippen LogP contribution in [0.5, 0.6) is 0 Å². The van der Waals surface area contributed by atoms with Crippen LogP contribution in [0.4, 0.5) is 0 Å². The Morgan fingerprint density at radius 3 is 2.42 bits per heavy atom. The first kappa shape index (κ1) is 10.0. The van der Waals surface area contributed by atoms with Crippen LogP contribution in [-0.2, 0) is 0 Å². The first-order valence-electron chi connectivity index (χ1n) is 5.05. The van der Waals surface area contributed by atoms with Gasteiger partial charge in [0.25, 0.3) is 0 Å². The lowest BCUT2D eigenvalue weighted by molar-refractivity contribution is 0.171. The number of rotatable bonds is 1. The molecule has 2 nitrogen and oxygen atoms in total. The van der Waals surface area contributed by atoms with Crippen LogP contribution in [0.1, 0.15) is 27.2 Å². The van der Waals surface area contributed by atoms with Gasteiger partial charge in [0, 0.05) is 25.2 Å². The van der Waals surface area contributed by atoms with E-state index in [1.807, 2.05) is 0 Å². The van der Waals surface area contributed by atoms with Crippen molar-refractivity contribution in [3.05, 3.63) is 0 Å². The molecule has 0 spiro atoms. The summed E-state index contributed by atoms with van der Waals surface area (Å²) in [6.07, 6.45) is 1.31. The molecule has 0 aromatic rings. The van der Waals surface area contributed by atoms with Crippen LogP contribution >= 0.6 is 0 Å². The fraction of sp³-hybridized carbons (Fsp3) is 1.00. The largest absolute Gasteiger partial charge is 0.305 e. The molecule has 0 aliphatic carbocycles. The standard InChI is InChI=1S/C10H22N2/c1-9(2)12-8-7-11(4)6-5-10(12)3/h9-10H,5-8H2,1-4H3. The molecular formula is C10H22N2. The van der Waals surface area contributed by atoms with E-state index in [2.05, 4.69) is 37.6 Å². The summed E-state index contributed by atoms with van der Waals surface area (Å²) in [5.74, 6) is 0. The summed E-state index contributed by atoms with van der Waals surface area (Å²) in [6, 6.07) is 1.46. The van der Waals surface area contributed by atoms with Crippen LogP contribution in [0.2, 0.25) is 0 Å². The summed E-state index contributed by atoms with van der Waals surface area (Å²) in [4.78, 5) is 5.03. The van der Waals surface area contributed by atoms with Crippen molar-refractivity contribution < 1.29 is 0 Å². The van der Waals surface area contributed by atoms with Gasteiger partial charge >= 0.3 is 0 Å². The highest BCUT2D eigenvalue weighted by atomic mass is 15.2. The molecule has 1 aliphatic rings. The maximum atomic E-state index is 2.60. The molecule has 1 atom stereocenters. The molecule has 1 rings (SSSR count). The highest BCUT2D eigenvalue weighted by molar-refractivity contribution is 4.76. The third kappa shape index (κ3) is 2.46. The Balaban J connectivity index is 2.50. The van der Waals surface area contributed by atoms with Crippen molar-refractivity contribution in [2.24, 2.45) is 0 Å². The molecule has 1 saturated heterocycles. The van der Waals surface area contributed by atoms with E-state index in [1.165, 1.54) is 26.1 Å². The second kappa shape index (κ2) is 4.24. The molecule has 0 aromatic carbocycles. The summed E-state index contributed by atoms with van der Waals surface area (Å²) in [6.45, 7) is 10.6. The summed E-state index contributed by atoms with van der Waals surface area (Å²) in [7, 11) is 2.22. The van der Waals surface area contributed by atoms with Crippen LogP contribution in [0.3, 0.4) is 0 Å². The zero-order chi connectivity index (χ0) is 9.14. The van der Waals surface area contributed by atoms with Crippen molar-refractivity contribution in [1.82, 2.24) is 9.80 Å². The van der Waals surface area contributed by atoms with E-state index in [0.29, 0.717) is 6.04 Å². The lowest BCUT2D eigenvalue weighted by Crippen LogP contribution is -2.39. The average Bonchev–Trinajstić information content (AvgIpc) is 2.14. The summed E-state index contributed by atoms with van der Waals surface area (Å²) in [5.41, 5.74) is 0. The molecule has 0 N–H and O–H groups in total. The minimum absolute atomic E-state index is 0.700. The van der Waals surface area contributed by atoms with Crippen LogP contribution < -0.4 is 0 Å². The number of hydrogen-bond donors (Lipinski definition) is 0. The van der Waals surface area contributed by atoms with Gasteiger partial charge in [-0.25, -0.2) is 0 Å². The molecule has 1 fully saturated rings. The van der Waals surface area contributed by atoms with E-state index in [1.54, 1.807) is 0 Å². The Kier molecular flexibility index (Phi) is 3.53. The summed E-state index contributed by atoms with van der Waals surface area (Å²) >= 11 is 0. The number of likely N-dealkylation sites (N-methyl/N-ethyl adjacent to an activating group) is 1. The van der Waals surface area contributed by atoms with E-state index in [-0.39, 0.29) is 0 Å². The van der Waals surface area contributed by atoms with Gasteiger partial charge in [-0.1, -0.05) is 0 Å². The predicted molar refractivity (Wildman–Crippen MR) is 53.4 cm³/mol. The minimum Gasteiger partial charge on any atom is -0.305 e. The van der Waals surface area contributed by atoms with Crippen LogP contribution in [0.25, 0.3) is 0 Å². The smallest absolute Gasteiger partial charge is 0.0115 e. The Bertz CT molecular complexity index is 134. The maximum Gasteiger partial charge on any atom is 0.0115 e. The van der Waals surface area contributed by atoms with E-state index in [9.17, 15) is 0 Å². The molecule has 0 radical (unpaired) electrons. The molecule has 1 heterocycles.